The van der Waals surface area contributed by atoms with Crippen LogP contribution in [0.1, 0.15) is 51.9 Å². The van der Waals surface area contributed by atoms with E-state index >= 15 is 0 Å². The molecule has 1 aliphatic heterocycles. The van der Waals surface area contributed by atoms with E-state index in [2.05, 4.69) is 11.8 Å². The van der Waals surface area contributed by atoms with Crippen molar-refractivity contribution < 1.29 is 0 Å². The Balaban J connectivity index is 1.90. The quantitative estimate of drug-likeness (QED) is 0.633. The zero-order valence-corrected chi connectivity index (χ0v) is 8.97. The fourth-order valence-electron chi connectivity index (χ4n) is 3.22. The predicted molar refractivity (Wildman–Crippen MR) is 56.8 cm³/mol. The van der Waals surface area contributed by atoms with Crippen molar-refractivity contribution in [2.75, 3.05) is 13.1 Å². The van der Waals surface area contributed by atoms with E-state index in [1.165, 1.54) is 58.0 Å². The highest BCUT2D eigenvalue weighted by Crippen LogP contribution is 2.33. The average molecular weight is 181 g/mol. The first kappa shape index (κ1) is 9.51. The zero-order chi connectivity index (χ0) is 9.10. The molecule has 1 heteroatoms. The van der Waals surface area contributed by atoms with E-state index in [9.17, 15) is 0 Å². The largest absolute Gasteiger partial charge is 0.300 e. The third-order valence-corrected chi connectivity index (χ3v) is 4.00. The number of rotatable bonds is 2. The number of hydrogen-bond donors (Lipinski definition) is 0. The second-order valence-electron chi connectivity index (χ2n) is 4.76. The van der Waals surface area contributed by atoms with Gasteiger partial charge in [-0.05, 0) is 44.7 Å². The topological polar surface area (TPSA) is 3.24 Å². The molecule has 2 fully saturated rings. The highest BCUT2D eigenvalue weighted by atomic mass is 15.2. The summed E-state index contributed by atoms with van der Waals surface area (Å²) in [4.78, 5) is 2.78. The lowest BCUT2D eigenvalue weighted by molar-refractivity contribution is 0.131. The average Bonchev–Trinajstić information content (AvgIpc) is 2.67. The monoisotopic (exact) mass is 181 g/mol. The first-order valence-electron chi connectivity index (χ1n) is 6.16. The molecule has 2 rings (SSSR count). The maximum absolute atomic E-state index is 2.78. The third kappa shape index (κ3) is 2.07. The van der Waals surface area contributed by atoms with Crippen molar-refractivity contribution >= 4 is 0 Å². The van der Waals surface area contributed by atoms with E-state index in [1.807, 2.05) is 0 Å². The van der Waals surface area contributed by atoms with Gasteiger partial charge in [-0.1, -0.05) is 26.2 Å². The van der Waals surface area contributed by atoms with E-state index in [0.29, 0.717) is 0 Å². The fourth-order valence-corrected chi connectivity index (χ4v) is 3.22. The van der Waals surface area contributed by atoms with Gasteiger partial charge in [0.2, 0.25) is 0 Å². The van der Waals surface area contributed by atoms with Gasteiger partial charge in [0.1, 0.15) is 0 Å². The van der Waals surface area contributed by atoms with Crippen LogP contribution in [-0.4, -0.2) is 24.0 Å². The molecule has 13 heavy (non-hydrogen) atoms. The van der Waals surface area contributed by atoms with Crippen LogP contribution in [0.4, 0.5) is 0 Å². The predicted octanol–water partition coefficient (Wildman–Crippen LogP) is 3.05. The van der Waals surface area contributed by atoms with Gasteiger partial charge in [0.25, 0.3) is 0 Å². The standard InChI is InChI=1S/C12H23N/c1-2-11-7-6-8-12(11)13-9-4-3-5-10-13/h11-12H,2-10H2,1H3/t11-,12-/m1/s1. The van der Waals surface area contributed by atoms with Crippen molar-refractivity contribution in [1.29, 1.82) is 0 Å². The van der Waals surface area contributed by atoms with Crippen LogP contribution in [0.15, 0.2) is 0 Å². The van der Waals surface area contributed by atoms with E-state index in [-0.39, 0.29) is 0 Å². The third-order valence-electron chi connectivity index (χ3n) is 4.00. The van der Waals surface area contributed by atoms with Crippen molar-refractivity contribution in [2.24, 2.45) is 5.92 Å². The van der Waals surface area contributed by atoms with Gasteiger partial charge in [-0.3, -0.25) is 0 Å². The summed E-state index contributed by atoms with van der Waals surface area (Å²) in [6.45, 7) is 5.15. The Morgan fingerprint density at radius 2 is 1.77 bits per heavy atom. The minimum atomic E-state index is 0.963. The number of nitrogens with zero attached hydrogens (tertiary/aromatic N) is 1. The minimum absolute atomic E-state index is 0.963. The van der Waals surface area contributed by atoms with Gasteiger partial charge in [0.15, 0.2) is 0 Å². The molecule has 1 saturated heterocycles. The van der Waals surface area contributed by atoms with Gasteiger partial charge in [-0.25, -0.2) is 0 Å². The molecule has 0 aromatic heterocycles. The van der Waals surface area contributed by atoms with Gasteiger partial charge < -0.3 is 4.90 Å². The Labute approximate surface area is 82.5 Å². The number of likely N-dealkylation sites (tertiary alicyclic amines) is 1. The summed E-state index contributed by atoms with van der Waals surface area (Å²) >= 11 is 0. The van der Waals surface area contributed by atoms with E-state index in [0.717, 1.165) is 12.0 Å². The molecule has 0 amide bonds. The second kappa shape index (κ2) is 4.45. The molecule has 2 aliphatic rings. The first-order chi connectivity index (χ1) is 6.42. The van der Waals surface area contributed by atoms with Crippen molar-refractivity contribution in [3.05, 3.63) is 0 Å². The second-order valence-corrected chi connectivity index (χ2v) is 4.76. The highest BCUT2D eigenvalue weighted by molar-refractivity contribution is 4.85. The lowest BCUT2D eigenvalue weighted by atomic mass is 9.97. The van der Waals surface area contributed by atoms with Gasteiger partial charge in [0.05, 0.1) is 0 Å². The summed E-state index contributed by atoms with van der Waals surface area (Å²) in [5, 5.41) is 0. The van der Waals surface area contributed by atoms with Crippen molar-refractivity contribution in [3.63, 3.8) is 0 Å². The Morgan fingerprint density at radius 3 is 2.46 bits per heavy atom. The molecular weight excluding hydrogens is 158 g/mol. The smallest absolute Gasteiger partial charge is 0.0123 e. The SMILES string of the molecule is CC[C@@H]1CCC[C@H]1N1CCCCC1. The zero-order valence-electron chi connectivity index (χ0n) is 8.97. The van der Waals surface area contributed by atoms with Crippen LogP contribution in [0, 0.1) is 5.92 Å². The summed E-state index contributed by atoms with van der Waals surface area (Å²) in [6, 6.07) is 0.963. The number of piperidine rings is 1. The summed E-state index contributed by atoms with van der Waals surface area (Å²) in [5.41, 5.74) is 0. The Morgan fingerprint density at radius 1 is 1.00 bits per heavy atom. The van der Waals surface area contributed by atoms with Crippen LogP contribution in [0.2, 0.25) is 0 Å². The molecule has 0 unspecified atom stereocenters. The highest BCUT2D eigenvalue weighted by Gasteiger charge is 2.30. The van der Waals surface area contributed by atoms with Crippen LogP contribution in [0.3, 0.4) is 0 Å². The molecule has 0 aromatic rings. The molecule has 0 N–H and O–H groups in total. The van der Waals surface area contributed by atoms with Crippen molar-refractivity contribution in [2.45, 2.75) is 57.9 Å². The Hall–Kier alpha value is -0.0400. The summed E-state index contributed by atoms with van der Waals surface area (Å²) in [6.07, 6.45) is 10.2. The molecule has 0 bridgehead atoms. The Bertz CT molecular complexity index is 149. The summed E-state index contributed by atoms with van der Waals surface area (Å²) in [7, 11) is 0. The Kier molecular flexibility index (Phi) is 3.26. The molecule has 1 heterocycles. The van der Waals surface area contributed by atoms with E-state index < -0.39 is 0 Å². The summed E-state index contributed by atoms with van der Waals surface area (Å²) in [5.74, 6) is 1.03. The van der Waals surface area contributed by atoms with Crippen molar-refractivity contribution in [3.8, 4) is 0 Å². The van der Waals surface area contributed by atoms with Gasteiger partial charge >= 0.3 is 0 Å². The molecule has 1 saturated carbocycles. The van der Waals surface area contributed by atoms with Crippen LogP contribution < -0.4 is 0 Å². The van der Waals surface area contributed by atoms with E-state index in [1.54, 1.807) is 0 Å². The molecular formula is C12H23N. The van der Waals surface area contributed by atoms with Crippen LogP contribution in [-0.2, 0) is 0 Å². The van der Waals surface area contributed by atoms with Gasteiger partial charge in [-0.2, -0.15) is 0 Å². The molecule has 0 radical (unpaired) electrons. The molecule has 1 aliphatic carbocycles. The first-order valence-corrected chi connectivity index (χ1v) is 6.16. The minimum Gasteiger partial charge on any atom is -0.300 e. The van der Waals surface area contributed by atoms with Crippen LogP contribution >= 0.6 is 0 Å². The fraction of sp³-hybridized carbons (Fsp3) is 1.00. The lowest BCUT2D eigenvalue weighted by Gasteiger charge is -2.35. The van der Waals surface area contributed by atoms with Gasteiger partial charge in [0, 0.05) is 6.04 Å². The molecule has 76 valence electrons. The maximum Gasteiger partial charge on any atom is 0.0123 e. The summed E-state index contributed by atoms with van der Waals surface area (Å²) < 4.78 is 0. The van der Waals surface area contributed by atoms with Crippen LogP contribution in [0.25, 0.3) is 0 Å². The maximum atomic E-state index is 2.78. The molecule has 0 aromatic carbocycles. The normalized spacial score (nSPS) is 36.7. The van der Waals surface area contributed by atoms with E-state index in [4.69, 9.17) is 0 Å². The van der Waals surface area contributed by atoms with Crippen LogP contribution in [0.5, 0.6) is 0 Å². The van der Waals surface area contributed by atoms with Crippen molar-refractivity contribution in [1.82, 2.24) is 4.90 Å². The molecule has 1 nitrogen and oxygen atoms in total. The lowest BCUT2D eigenvalue weighted by Crippen LogP contribution is -2.41. The van der Waals surface area contributed by atoms with Gasteiger partial charge in [-0.15, -0.1) is 0 Å². The molecule has 2 atom stereocenters. The molecule has 0 spiro atoms. The number of hydrogen-bond acceptors (Lipinski definition) is 1.